The molecule has 17 heavy (non-hydrogen) atoms. The van der Waals surface area contributed by atoms with Crippen LogP contribution in [0.2, 0.25) is 10.0 Å². The van der Waals surface area contributed by atoms with Gasteiger partial charge in [0.15, 0.2) is 0 Å². The number of amides is 1. The number of hydrogen-bond acceptors (Lipinski definition) is 2. The van der Waals surface area contributed by atoms with E-state index in [4.69, 9.17) is 23.2 Å². The van der Waals surface area contributed by atoms with Gasteiger partial charge in [0, 0.05) is 0 Å². The van der Waals surface area contributed by atoms with Gasteiger partial charge in [-0.15, -0.1) is 0 Å². The second-order valence-electron chi connectivity index (χ2n) is 4.23. The van der Waals surface area contributed by atoms with Crippen LogP contribution in [0.3, 0.4) is 0 Å². The number of carbonyl (C=O) groups is 1. The highest BCUT2D eigenvalue weighted by Crippen LogP contribution is 2.29. The molecule has 3 nitrogen and oxygen atoms in total. The Kier molecular flexibility index (Phi) is 3.40. The van der Waals surface area contributed by atoms with E-state index < -0.39 is 0 Å². The summed E-state index contributed by atoms with van der Waals surface area (Å²) >= 11 is 11.8. The number of carbonyl (C=O) groups excluding carboxylic acids is 1. The summed E-state index contributed by atoms with van der Waals surface area (Å²) in [6, 6.07) is 5.04. The van der Waals surface area contributed by atoms with E-state index in [1.807, 2.05) is 13.8 Å². The molecular weight excluding hydrogens is 259 g/mol. The molecule has 0 N–H and O–H groups in total. The van der Waals surface area contributed by atoms with E-state index in [9.17, 15) is 4.79 Å². The number of nitrogens with zero attached hydrogens (tertiary/aromatic N) is 2. The van der Waals surface area contributed by atoms with Crippen LogP contribution < -0.4 is 5.01 Å². The van der Waals surface area contributed by atoms with Gasteiger partial charge in [0.2, 0.25) is 0 Å². The minimum Gasteiger partial charge on any atom is -0.272 e. The summed E-state index contributed by atoms with van der Waals surface area (Å²) in [7, 11) is 0. The van der Waals surface area contributed by atoms with Crippen molar-refractivity contribution in [2.24, 2.45) is 11.0 Å². The maximum absolute atomic E-state index is 11.8. The Morgan fingerprint density at radius 1 is 1.29 bits per heavy atom. The third-order valence-electron chi connectivity index (χ3n) is 2.61. The van der Waals surface area contributed by atoms with Crippen molar-refractivity contribution in [2.45, 2.75) is 20.3 Å². The predicted molar refractivity (Wildman–Crippen MR) is 70.8 cm³/mol. The lowest BCUT2D eigenvalue weighted by Gasteiger charge is -2.12. The maximum Gasteiger partial charge on any atom is 0.253 e. The van der Waals surface area contributed by atoms with Crippen molar-refractivity contribution in [1.29, 1.82) is 0 Å². The molecule has 2 rings (SSSR count). The zero-order valence-corrected chi connectivity index (χ0v) is 11.1. The molecule has 0 atom stereocenters. The Labute approximate surface area is 110 Å². The molecule has 0 bridgehead atoms. The van der Waals surface area contributed by atoms with Crippen LogP contribution in [0.4, 0.5) is 5.69 Å². The van der Waals surface area contributed by atoms with Crippen LogP contribution >= 0.6 is 23.2 Å². The van der Waals surface area contributed by atoms with Crippen LogP contribution in [0.1, 0.15) is 20.3 Å². The summed E-state index contributed by atoms with van der Waals surface area (Å²) in [5.74, 6) is 0.235. The molecule has 1 heterocycles. The molecule has 0 saturated carbocycles. The van der Waals surface area contributed by atoms with E-state index in [2.05, 4.69) is 5.10 Å². The van der Waals surface area contributed by atoms with E-state index in [1.54, 1.807) is 18.2 Å². The van der Waals surface area contributed by atoms with Crippen molar-refractivity contribution < 1.29 is 4.79 Å². The molecular formula is C12H12Cl2N2O. The number of hydrogen-bond donors (Lipinski definition) is 0. The van der Waals surface area contributed by atoms with Gasteiger partial charge in [-0.05, 0) is 24.1 Å². The lowest BCUT2D eigenvalue weighted by atomic mass is 10.1. The van der Waals surface area contributed by atoms with Gasteiger partial charge in [-0.1, -0.05) is 37.0 Å². The number of anilines is 1. The highest BCUT2D eigenvalue weighted by Gasteiger charge is 2.26. The molecule has 0 unspecified atom stereocenters. The first-order valence-corrected chi connectivity index (χ1v) is 6.10. The zero-order valence-electron chi connectivity index (χ0n) is 9.58. The number of hydrazone groups is 1. The van der Waals surface area contributed by atoms with Gasteiger partial charge in [-0.3, -0.25) is 4.79 Å². The summed E-state index contributed by atoms with van der Waals surface area (Å²) in [5, 5.41) is 6.58. The summed E-state index contributed by atoms with van der Waals surface area (Å²) in [4.78, 5) is 11.8. The van der Waals surface area contributed by atoms with Crippen LogP contribution in [0, 0.1) is 5.92 Å². The lowest BCUT2D eigenvalue weighted by molar-refractivity contribution is -0.116. The molecule has 0 aliphatic carbocycles. The summed E-state index contributed by atoms with van der Waals surface area (Å²) in [6.45, 7) is 4.04. The average molecular weight is 271 g/mol. The van der Waals surface area contributed by atoms with Crippen molar-refractivity contribution in [3.63, 3.8) is 0 Å². The second-order valence-corrected chi connectivity index (χ2v) is 5.04. The van der Waals surface area contributed by atoms with Gasteiger partial charge in [-0.25, -0.2) is 5.01 Å². The maximum atomic E-state index is 11.8. The van der Waals surface area contributed by atoms with Crippen molar-refractivity contribution >= 4 is 40.5 Å². The average Bonchev–Trinajstić information content (AvgIpc) is 2.65. The van der Waals surface area contributed by atoms with Crippen LogP contribution in [0.15, 0.2) is 23.3 Å². The lowest BCUT2D eigenvalue weighted by Crippen LogP contribution is -2.19. The fourth-order valence-corrected chi connectivity index (χ4v) is 1.88. The number of halogens is 2. The Balaban J connectivity index is 2.34. The quantitative estimate of drug-likeness (QED) is 0.806. The van der Waals surface area contributed by atoms with E-state index in [1.165, 1.54) is 5.01 Å². The van der Waals surface area contributed by atoms with Crippen molar-refractivity contribution in [3.05, 3.63) is 28.2 Å². The van der Waals surface area contributed by atoms with Gasteiger partial charge in [0.25, 0.3) is 5.91 Å². The molecule has 1 aliphatic heterocycles. The molecule has 1 amide bonds. The second kappa shape index (κ2) is 4.67. The molecule has 1 aliphatic rings. The topological polar surface area (TPSA) is 32.7 Å². The van der Waals surface area contributed by atoms with Gasteiger partial charge >= 0.3 is 0 Å². The highest BCUT2D eigenvalue weighted by molar-refractivity contribution is 6.42. The standard InChI is InChI=1S/C12H12Cl2N2O/c1-7(2)11-6-12(17)16(15-11)8-3-4-9(13)10(14)5-8/h3-5,7H,6H2,1-2H3. The van der Waals surface area contributed by atoms with Gasteiger partial charge in [0.05, 0.1) is 27.9 Å². The molecule has 5 heteroatoms. The van der Waals surface area contributed by atoms with Gasteiger partial charge in [0.1, 0.15) is 0 Å². The van der Waals surface area contributed by atoms with Crippen molar-refractivity contribution in [3.8, 4) is 0 Å². The van der Waals surface area contributed by atoms with E-state index >= 15 is 0 Å². The minimum atomic E-state index is -0.0351. The molecule has 90 valence electrons. The predicted octanol–water partition coefficient (Wildman–Crippen LogP) is 3.74. The van der Waals surface area contributed by atoms with E-state index in [0.29, 0.717) is 22.2 Å². The number of rotatable bonds is 2. The third kappa shape index (κ3) is 2.45. The summed E-state index contributed by atoms with van der Waals surface area (Å²) in [6.07, 6.45) is 0.373. The van der Waals surface area contributed by atoms with Crippen molar-refractivity contribution in [1.82, 2.24) is 0 Å². The van der Waals surface area contributed by atoms with Gasteiger partial charge in [-0.2, -0.15) is 5.10 Å². The van der Waals surface area contributed by atoms with Crippen LogP contribution in [-0.2, 0) is 4.79 Å². The molecule has 1 aromatic carbocycles. The normalized spacial score (nSPS) is 15.7. The van der Waals surface area contributed by atoms with Crippen LogP contribution in [0.25, 0.3) is 0 Å². The minimum absolute atomic E-state index is 0.0351. The first-order valence-electron chi connectivity index (χ1n) is 5.34. The SMILES string of the molecule is CC(C)C1=NN(c2ccc(Cl)c(Cl)c2)C(=O)C1. The van der Waals surface area contributed by atoms with E-state index in [-0.39, 0.29) is 11.8 Å². The van der Waals surface area contributed by atoms with Gasteiger partial charge < -0.3 is 0 Å². The number of benzene rings is 1. The molecule has 1 aromatic rings. The molecule has 0 radical (unpaired) electrons. The first kappa shape index (κ1) is 12.4. The Bertz CT molecular complexity index is 497. The highest BCUT2D eigenvalue weighted by atomic mass is 35.5. The monoisotopic (exact) mass is 270 g/mol. The third-order valence-corrected chi connectivity index (χ3v) is 3.35. The molecule has 0 aromatic heterocycles. The van der Waals surface area contributed by atoms with Crippen LogP contribution in [0.5, 0.6) is 0 Å². The largest absolute Gasteiger partial charge is 0.272 e. The fraction of sp³-hybridized carbons (Fsp3) is 0.333. The first-order chi connectivity index (χ1) is 7.99. The Hall–Kier alpha value is -1.06. The van der Waals surface area contributed by atoms with Crippen LogP contribution in [-0.4, -0.2) is 11.6 Å². The molecule has 0 saturated heterocycles. The summed E-state index contributed by atoms with van der Waals surface area (Å²) < 4.78 is 0. The Morgan fingerprint density at radius 2 is 2.00 bits per heavy atom. The van der Waals surface area contributed by atoms with E-state index in [0.717, 1.165) is 5.71 Å². The smallest absolute Gasteiger partial charge is 0.253 e. The summed E-state index contributed by atoms with van der Waals surface area (Å²) in [5.41, 5.74) is 1.54. The Morgan fingerprint density at radius 3 is 2.53 bits per heavy atom. The van der Waals surface area contributed by atoms with Crippen molar-refractivity contribution in [2.75, 3.05) is 5.01 Å². The molecule has 0 spiro atoms. The zero-order chi connectivity index (χ0) is 12.6. The molecule has 0 fully saturated rings. The fourth-order valence-electron chi connectivity index (χ4n) is 1.59.